The van der Waals surface area contributed by atoms with Gasteiger partial charge in [0.15, 0.2) is 0 Å². The largest absolute Gasteiger partial charge is 0.493 e. The molecule has 1 aliphatic carbocycles. The standard InChI is InChI=1S/C21H26N2O2/c24-14-18(17-6-2-8-22-12-17)13-23-20-7-3-9-25-21-11-16-5-1-4-15(16)10-19(20)21/h2,6,8,10-12,18,20,23-24H,1,3-5,7,9,13-14H2. The molecule has 2 aromatic rings. The van der Waals surface area contributed by atoms with Gasteiger partial charge in [-0.15, -0.1) is 0 Å². The molecule has 1 aliphatic heterocycles. The van der Waals surface area contributed by atoms with E-state index in [1.807, 2.05) is 18.3 Å². The summed E-state index contributed by atoms with van der Waals surface area (Å²) >= 11 is 0. The first kappa shape index (κ1) is 16.6. The van der Waals surface area contributed by atoms with Gasteiger partial charge in [0.2, 0.25) is 0 Å². The van der Waals surface area contributed by atoms with E-state index in [0.717, 1.165) is 37.3 Å². The van der Waals surface area contributed by atoms with Gasteiger partial charge in [0.25, 0.3) is 0 Å². The molecule has 4 rings (SSSR count). The molecule has 0 radical (unpaired) electrons. The predicted molar refractivity (Wildman–Crippen MR) is 98.0 cm³/mol. The fourth-order valence-electron chi connectivity index (χ4n) is 4.04. The lowest BCUT2D eigenvalue weighted by atomic mass is 9.96. The Hall–Kier alpha value is -1.91. The number of benzene rings is 1. The highest BCUT2D eigenvalue weighted by Gasteiger charge is 2.24. The third-order valence-corrected chi connectivity index (χ3v) is 5.48. The summed E-state index contributed by atoms with van der Waals surface area (Å²) in [5, 5.41) is 13.5. The van der Waals surface area contributed by atoms with Crippen molar-refractivity contribution in [2.45, 2.75) is 44.1 Å². The molecule has 0 saturated heterocycles. The van der Waals surface area contributed by atoms with Gasteiger partial charge in [-0.25, -0.2) is 0 Å². The molecule has 2 aliphatic rings. The van der Waals surface area contributed by atoms with E-state index in [1.165, 1.54) is 36.0 Å². The van der Waals surface area contributed by atoms with Crippen molar-refractivity contribution in [3.63, 3.8) is 0 Å². The number of aliphatic hydroxyl groups is 1. The van der Waals surface area contributed by atoms with Crippen LogP contribution in [0, 0.1) is 0 Å². The van der Waals surface area contributed by atoms with Gasteiger partial charge in [0.1, 0.15) is 5.75 Å². The summed E-state index contributed by atoms with van der Waals surface area (Å²) in [7, 11) is 0. The highest BCUT2D eigenvalue weighted by Crippen LogP contribution is 2.37. The number of nitrogens with one attached hydrogen (secondary N) is 1. The van der Waals surface area contributed by atoms with Crippen LogP contribution in [0.25, 0.3) is 0 Å². The van der Waals surface area contributed by atoms with Crippen molar-refractivity contribution < 1.29 is 9.84 Å². The van der Waals surface area contributed by atoms with Crippen LogP contribution in [0.4, 0.5) is 0 Å². The number of hydrogen-bond acceptors (Lipinski definition) is 4. The Morgan fingerprint density at radius 2 is 2.12 bits per heavy atom. The van der Waals surface area contributed by atoms with E-state index in [0.29, 0.717) is 0 Å². The summed E-state index contributed by atoms with van der Waals surface area (Å²) in [5.74, 6) is 1.12. The van der Waals surface area contributed by atoms with Gasteiger partial charge < -0.3 is 15.2 Å². The monoisotopic (exact) mass is 338 g/mol. The Balaban J connectivity index is 1.53. The molecular formula is C21H26N2O2. The van der Waals surface area contributed by atoms with E-state index < -0.39 is 0 Å². The van der Waals surface area contributed by atoms with Gasteiger partial charge in [0.05, 0.1) is 13.2 Å². The molecule has 1 aromatic carbocycles. The minimum Gasteiger partial charge on any atom is -0.493 e. The fraction of sp³-hybridized carbons (Fsp3) is 0.476. The Morgan fingerprint density at radius 3 is 2.92 bits per heavy atom. The van der Waals surface area contributed by atoms with Crippen LogP contribution in [0.15, 0.2) is 36.7 Å². The van der Waals surface area contributed by atoms with Crippen LogP contribution in [-0.2, 0) is 12.8 Å². The van der Waals surface area contributed by atoms with Crippen molar-refractivity contribution in [1.29, 1.82) is 0 Å². The summed E-state index contributed by atoms with van der Waals surface area (Å²) in [6, 6.07) is 8.87. The molecule has 2 atom stereocenters. The first-order valence-electron chi connectivity index (χ1n) is 9.38. The second-order valence-electron chi connectivity index (χ2n) is 7.13. The number of rotatable bonds is 5. The van der Waals surface area contributed by atoms with Crippen molar-refractivity contribution >= 4 is 0 Å². The number of hydrogen-bond donors (Lipinski definition) is 2. The SMILES string of the molecule is OCC(CNC1CCCOc2cc3c(cc21)CCC3)c1cccnc1. The van der Waals surface area contributed by atoms with E-state index >= 15 is 0 Å². The van der Waals surface area contributed by atoms with E-state index in [9.17, 15) is 5.11 Å². The minimum absolute atomic E-state index is 0.0655. The van der Waals surface area contributed by atoms with E-state index in [1.54, 1.807) is 6.20 Å². The van der Waals surface area contributed by atoms with Crippen molar-refractivity contribution in [2.24, 2.45) is 0 Å². The molecule has 2 heterocycles. The molecule has 0 amide bonds. The predicted octanol–water partition coefficient (Wildman–Crippen LogP) is 3.15. The second kappa shape index (κ2) is 7.54. The molecule has 25 heavy (non-hydrogen) atoms. The molecular weight excluding hydrogens is 312 g/mol. The molecule has 0 fully saturated rings. The van der Waals surface area contributed by atoms with E-state index in [-0.39, 0.29) is 18.6 Å². The van der Waals surface area contributed by atoms with Gasteiger partial charge in [-0.3, -0.25) is 4.98 Å². The van der Waals surface area contributed by atoms with Crippen molar-refractivity contribution in [3.05, 3.63) is 58.9 Å². The lowest BCUT2D eigenvalue weighted by Gasteiger charge is -2.23. The number of nitrogens with zero attached hydrogens (tertiary/aromatic N) is 1. The van der Waals surface area contributed by atoms with E-state index in [4.69, 9.17) is 4.74 Å². The normalized spacial score (nSPS) is 20.3. The van der Waals surface area contributed by atoms with Crippen LogP contribution < -0.4 is 10.1 Å². The molecule has 1 aromatic heterocycles. The maximum Gasteiger partial charge on any atom is 0.124 e. The zero-order valence-corrected chi connectivity index (χ0v) is 14.6. The lowest BCUT2D eigenvalue weighted by Crippen LogP contribution is -2.28. The third kappa shape index (κ3) is 3.55. The summed E-state index contributed by atoms with van der Waals surface area (Å²) < 4.78 is 6.02. The molecule has 2 unspecified atom stereocenters. The molecule has 0 bridgehead atoms. The molecule has 0 saturated carbocycles. The van der Waals surface area contributed by atoms with Gasteiger partial charge in [-0.05, 0) is 60.9 Å². The quantitative estimate of drug-likeness (QED) is 0.879. The van der Waals surface area contributed by atoms with Gasteiger partial charge >= 0.3 is 0 Å². The Labute approximate surface area is 149 Å². The van der Waals surface area contributed by atoms with Crippen molar-refractivity contribution in [3.8, 4) is 5.75 Å². The number of pyridine rings is 1. The van der Waals surface area contributed by atoms with Gasteiger partial charge in [-0.2, -0.15) is 0 Å². The smallest absolute Gasteiger partial charge is 0.124 e. The Morgan fingerprint density at radius 1 is 1.24 bits per heavy atom. The maximum absolute atomic E-state index is 9.79. The zero-order chi connectivity index (χ0) is 17.1. The number of ether oxygens (including phenoxy) is 1. The van der Waals surface area contributed by atoms with Crippen LogP contribution in [0.3, 0.4) is 0 Å². The summed E-state index contributed by atoms with van der Waals surface area (Å²) in [6.07, 6.45) is 9.35. The third-order valence-electron chi connectivity index (χ3n) is 5.48. The first-order valence-corrected chi connectivity index (χ1v) is 9.38. The number of aromatic nitrogens is 1. The first-order chi connectivity index (χ1) is 12.3. The molecule has 2 N–H and O–H groups in total. The highest BCUT2D eigenvalue weighted by molar-refractivity contribution is 5.46. The van der Waals surface area contributed by atoms with E-state index in [2.05, 4.69) is 22.4 Å². The molecule has 4 heteroatoms. The van der Waals surface area contributed by atoms with Crippen LogP contribution in [-0.4, -0.2) is 29.8 Å². The topological polar surface area (TPSA) is 54.4 Å². The van der Waals surface area contributed by atoms with Crippen LogP contribution in [0.1, 0.15) is 53.5 Å². The molecule has 4 nitrogen and oxygen atoms in total. The average Bonchev–Trinajstić information content (AvgIpc) is 3.02. The minimum atomic E-state index is 0.0655. The second-order valence-corrected chi connectivity index (χ2v) is 7.13. The fourth-order valence-corrected chi connectivity index (χ4v) is 4.04. The lowest BCUT2D eigenvalue weighted by molar-refractivity contribution is 0.257. The Bertz CT molecular complexity index is 717. The summed E-state index contributed by atoms with van der Waals surface area (Å²) in [5.41, 5.74) is 5.32. The van der Waals surface area contributed by atoms with Crippen LogP contribution in [0.5, 0.6) is 5.75 Å². The van der Waals surface area contributed by atoms with Gasteiger partial charge in [0, 0.05) is 36.5 Å². The number of fused-ring (bicyclic) bond motifs is 2. The number of aryl methyl sites for hydroxylation is 2. The maximum atomic E-state index is 9.79. The average molecular weight is 338 g/mol. The van der Waals surface area contributed by atoms with Gasteiger partial charge in [-0.1, -0.05) is 12.1 Å². The number of aliphatic hydroxyl groups excluding tert-OH is 1. The van der Waals surface area contributed by atoms with Crippen LogP contribution in [0.2, 0.25) is 0 Å². The highest BCUT2D eigenvalue weighted by atomic mass is 16.5. The van der Waals surface area contributed by atoms with Crippen molar-refractivity contribution in [1.82, 2.24) is 10.3 Å². The van der Waals surface area contributed by atoms with Crippen molar-refractivity contribution in [2.75, 3.05) is 19.8 Å². The summed E-state index contributed by atoms with van der Waals surface area (Å²) in [4.78, 5) is 4.18. The van der Waals surface area contributed by atoms with Crippen LogP contribution >= 0.6 is 0 Å². The molecule has 132 valence electrons. The molecule has 0 spiro atoms. The Kier molecular flexibility index (Phi) is 4.99. The summed E-state index contributed by atoms with van der Waals surface area (Å²) in [6.45, 7) is 1.65. The zero-order valence-electron chi connectivity index (χ0n) is 14.6.